The van der Waals surface area contributed by atoms with Gasteiger partial charge in [-0.1, -0.05) is 11.6 Å². The van der Waals surface area contributed by atoms with E-state index in [4.69, 9.17) is 10.00 Å². The third-order valence-corrected chi connectivity index (χ3v) is 3.17. The molecule has 0 bridgehead atoms. The maximum Gasteiger partial charge on any atom is 0.129 e. The van der Waals surface area contributed by atoms with Crippen LogP contribution in [0, 0.1) is 24.1 Å². The lowest BCUT2D eigenvalue weighted by molar-refractivity contribution is 0.189. The number of halogens is 1. The quantitative estimate of drug-likeness (QED) is 0.933. The average molecular weight is 285 g/mol. The highest BCUT2D eigenvalue weighted by Crippen LogP contribution is 2.27. The summed E-state index contributed by atoms with van der Waals surface area (Å²) in [7, 11) is 0. The fourth-order valence-electron chi connectivity index (χ4n) is 2.04. The Hall–Kier alpha value is -2.38. The van der Waals surface area contributed by atoms with Crippen molar-refractivity contribution < 1.29 is 14.2 Å². The lowest BCUT2D eigenvalue weighted by Gasteiger charge is -2.14. The zero-order chi connectivity index (χ0) is 15.4. The molecule has 2 rings (SSSR count). The monoisotopic (exact) mass is 285 g/mol. The number of ether oxygens (including phenoxy) is 1. The van der Waals surface area contributed by atoms with Gasteiger partial charge in [0, 0.05) is 11.1 Å². The molecule has 0 saturated carbocycles. The Morgan fingerprint density at radius 1 is 1.29 bits per heavy atom. The zero-order valence-corrected chi connectivity index (χ0v) is 11.9. The second kappa shape index (κ2) is 6.38. The minimum Gasteiger partial charge on any atom is -0.488 e. The van der Waals surface area contributed by atoms with Crippen molar-refractivity contribution in [1.29, 1.82) is 5.26 Å². The molecule has 108 valence electrons. The van der Waals surface area contributed by atoms with Crippen LogP contribution in [0.25, 0.3) is 0 Å². The van der Waals surface area contributed by atoms with E-state index in [2.05, 4.69) is 0 Å². The second-order valence-electron chi connectivity index (χ2n) is 4.92. The van der Waals surface area contributed by atoms with E-state index in [0.717, 1.165) is 5.56 Å². The maximum atomic E-state index is 13.7. The van der Waals surface area contributed by atoms with Gasteiger partial charge in [0.25, 0.3) is 0 Å². The average Bonchev–Trinajstić information content (AvgIpc) is 2.47. The molecular weight excluding hydrogens is 269 g/mol. The van der Waals surface area contributed by atoms with Crippen LogP contribution in [-0.2, 0) is 6.61 Å². The Kier molecular flexibility index (Phi) is 4.56. The van der Waals surface area contributed by atoms with Gasteiger partial charge in [0.2, 0.25) is 0 Å². The van der Waals surface area contributed by atoms with Crippen molar-refractivity contribution in [3.8, 4) is 11.8 Å². The van der Waals surface area contributed by atoms with Crippen LogP contribution >= 0.6 is 0 Å². The molecule has 2 aromatic rings. The topological polar surface area (TPSA) is 53.2 Å². The largest absolute Gasteiger partial charge is 0.488 e. The summed E-state index contributed by atoms with van der Waals surface area (Å²) in [4.78, 5) is 0. The molecule has 2 aromatic carbocycles. The van der Waals surface area contributed by atoms with E-state index in [0.29, 0.717) is 22.4 Å². The van der Waals surface area contributed by atoms with E-state index in [1.165, 1.54) is 18.2 Å². The first kappa shape index (κ1) is 15.0. The first-order valence-corrected chi connectivity index (χ1v) is 6.61. The molecule has 0 saturated heterocycles. The summed E-state index contributed by atoms with van der Waals surface area (Å²) in [6, 6.07) is 11.6. The highest BCUT2D eigenvalue weighted by Gasteiger charge is 2.11. The van der Waals surface area contributed by atoms with Crippen LogP contribution in [0.2, 0.25) is 0 Å². The molecule has 0 aliphatic carbocycles. The SMILES string of the molecule is Cc1ccc(OCc2cc(C#N)ccc2F)c(C(C)O)c1. The van der Waals surface area contributed by atoms with Crippen LogP contribution in [0.1, 0.15) is 35.3 Å². The molecule has 21 heavy (non-hydrogen) atoms. The van der Waals surface area contributed by atoms with Gasteiger partial charge in [-0.2, -0.15) is 5.26 Å². The van der Waals surface area contributed by atoms with Gasteiger partial charge in [-0.05, 0) is 44.2 Å². The Morgan fingerprint density at radius 2 is 2.05 bits per heavy atom. The van der Waals surface area contributed by atoms with Gasteiger partial charge in [-0.25, -0.2) is 4.39 Å². The van der Waals surface area contributed by atoms with Crippen LogP contribution in [0.5, 0.6) is 5.75 Å². The van der Waals surface area contributed by atoms with Crippen molar-refractivity contribution in [2.45, 2.75) is 26.6 Å². The summed E-state index contributed by atoms with van der Waals surface area (Å²) in [6.45, 7) is 3.58. The van der Waals surface area contributed by atoms with E-state index in [1.54, 1.807) is 13.0 Å². The minimum atomic E-state index is -0.671. The zero-order valence-electron chi connectivity index (χ0n) is 11.9. The van der Waals surface area contributed by atoms with Crippen molar-refractivity contribution in [3.05, 3.63) is 64.5 Å². The highest BCUT2D eigenvalue weighted by atomic mass is 19.1. The number of nitriles is 1. The number of aliphatic hydroxyl groups excluding tert-OH is 1. The van der Waals surface area contributed by atoms with Crippen LogP contribution in [0.15, 0.2) is 36.4 Å². The Morgan fingerprint density at radius 3 is 2.71 bits per heavy atom. The molecule has 3 nitrogen and oxygen atoms in total. The smallest absolute Gasteiger partial charge is 0.129 e. The van der Waals surface area contributed by atoms with Crippen molar-refractivity contribution in [3.63, 3.8) is 0 Å². The summed E-state index contributed by atoms with van der Waals surface area (Å²) in [5.74, 6) is 0.0945. The summed E-state index contributed by atoms with van der Waals surface area (Å²) < 4.78 is 19.3. The number of aryl methyl sites for hydroxylation is 1. The van der Waals surface area contributed by atoms with Crippen LogP contribution < -0.4 is 4.74 Å². The maximum absolute atomic E-state index is 13.7. The van der Waals surface area contributed by atoms with Crippen molar-refractivity contribution >= 4 is 0 Å². The summed E-state index contributed by atoms with van der Waals surface area (Å²) in [5, 5.41) is 18.6. The molecule has 0 spiro atoms. The van der Waals surface area contributed by atoms with Gasteiger partial charge in [0.05, 0.1) is 17.7 Å². The Labute approximate surface area is 123 Å². The predicted molar refractivity (Wildman–Crippen MR) is 77.3 cm³/mol. The van der Waals surface area contributed by atoms with Crippen LogP contribution in [-0.4, -0.2) is 5.11 Å². The second-order valence-corrected chi connectivity index (χ2v) is 4.92. The molecule has 0 radical (unpaired) electrons. The first-order valence-electron chi connectivity index (χ1n) is 6.61. The molecule has 0 aromatic heterocycles. The summed E-state index contributed by atoms with van der Waals surface area (Å²) in [5.41, 5.74) is 2.36. The van der Waals surface area contributed by atoms with Gasteiger partial charge >= 0.3 is 0 Å². The molecular formula is C17H16FNO2. The van der Waals surface area contributed by atoms with Crippen LogP contribution in [0.3, 0.4) is 0 Å². The molecule has 0 heterocycles. The molecule has 4 heteroatoms. The van der Waals surface area contributed by atoms with Crippen molar-refractivity contribution in [2.75, 3.05) is 0 Å². The standard InChI is InChI=1S/C17H16FNO2/c1-11-3-6-17(15(7-11)12(2)20)21-10-14-8-13(9-19)4-5-16(14)18/h3-8,12,20H,10H2,1-2H3. The molecule has 0 aliphatic heterocycles. The van der Waals surface area contributed by atoms with E-state index in [1.807, 2.05) is 25.1 Å². The molecule has 1 atom stereocenters. The highest BCUT2D eigenvalue weighted by molar-refractivity contribution is 5.39. The first-order chi connectivity index (χ1) is 10.0. The predicted octanol–water partition coefficient (Wildman–Crippen LogP) is 3.64. The third-order valence-electron chi connectivity index (χ3n) is 3.17. The number of aliphatic hydroxyl groups is 1. The summed E-state index contributed by atoms with van der Waals surface area (Å²) in [6.07, 6.45) is -0.671. The normalized spacial score (nSPS) is 11.8. The number of hydrogen-bond acceptors (Lipinski definition) is 3. The van der Waals surface area contributed by atoms with E-state index >= 15 is 0 Å². The number of rotatable bonds is 4. The van der Waals surface area contributed by atoms with Gasteiger partial charge in [0.1, 0.15) is 18.2 Å². The van der Waals surface area contributed by atoms with Gasteiger partial charge in [-0.15, -0.1) is 0 Å². The van der Waals surface area contributed by atoms with E-state index < -0.39 is 11.9 Å². The van der Waals surface area contributed by atoms with Gasteiger partial charge in [0.15, 0.2) is 0 Å². The summed E-state index contributed by atoms with van der Waals surface area (Å²) >= 11 is 0. The minimum absolute atomic E-state index is 0.00410. The van der Waals surface area contributed by atoms with Gasteiger partial charge in [-0.3, -0.25) is 0 Å². The Balaban J connectivity index is 2.23. The van der Waals surface area contributed by atoms with Crippen molar-refractivity contribution in [2.24, 2.45) is 0 Å². The lowest BCUT2D eigenvalue weighted by atomic mass is 10.1. The molecule has 1 unspecified atom stereocenters. The molecule has 0 fully saturated rings. The number of hydrogen-bond donors (Lipinski definition) is 1. The lowest BCUT2D eigenvalue weighted by Crippen LogP contribution is -2.03. The van der Waals surface area contributed by atoms with E-state index in [-0.39, 0.29) is 6.61 Å². The third kappa shape index (κ3) is 3.59. The fourth-order valence-corrected chi connectivity index (χ4v) is 2.04. The molecule has 0 amide bonds. The van der Waals surface area contributed by atoms with Crippen molar-refractivity contribution in [1.82, 2.24) is 0 Å². The Bertz CT molecular complexity index is 690. The van der Waals surface area contributed by atoms with Gasteiger partial charge < -0.3 is 9.84 Å². The molecule has 1 N–H and O–H groups in total. The molecule has 0 aliphatic rings. The van der Waals surface area contributed by atoms with Crippen LogP contribution in [0.4, 0.5) is 4.39 Å². The van der Waals surface area contributed by atoms with E-state index in [9.17, 15) is 9.50 Å². The number of nitrogens with zero attached hydrogens (tertiary/aromatic N) is 1. The number of benzene rings is 2. The fraction of sp³-hybridized carbons (Fsp3) is 0.235.